The van der Waals surface area contributed by atoms with Gasteiger partial charge < -0.3 is 10.0 Å². The molecule has 1 aromatic carbocycles. The number of ketones is 1. The molecule has 2 aromatic rings. The average molecular weight is 350 g/mol. The predicted molar refractivity (Wildman–Crippen MR) is 99.3 cm³/mol. The van der Waals surface area contributed by atoms with E-state index in [0.29, 0.717) is 17.8 Å². The normalized spacial score (nSPS) is 19.4. The summed E-state index contributed by atoms with van der Waals surface area (Å²) >= 11 is 0. The molecule has 26 heavy (non-hydrogen) atoms. The molecule has 1 amide bonds. The van der Waals surface area contributed by atoms with E-state index in [1.54, 1.807) is 30.5 Å². The van der Waals surface area contributed by atoms with Crippen LogP contribution >= 0.6 is 0 Å². The van der Waals surface area contributed by atoms with Crippen molar-refractivity contribution in [3.8, 4) is 0 Å². The molecule has 1 atom stereocenters. The Morgan fingerprint density at radius 3 is 2.42 bits per heavy atom. The number of hydrogen-bond acceptors (Lipinski definition) is 4. The van der Waals surface area contributed by atoms with Gasteiger partial charge in [0.05, 0.1) is 11.3 Å². The Morgan fingerprint density at radius 2 is 1.85 bits per heavy atom. The highest BCUT2D eigenvalue weighted by atomic mass is 16.3. The van der Waals surface area contributed by atoms with Crippen LogP contribution in [0.4, 0.5) is 0 Å². The molecule has 2 heterocycles. The number of amides is 1. The molecule has 1 saturated heterocycles. The third kappa shape index (κ3) is 3.25. The second-order valence-corrected chi connectivity index (χ2v) is 6.97. The number of benzene rings is 1. The van der Waals surface area contributed by atoms with Gasteiger partial charge in [-0.05, 0) is 25.0 Å². The average Bonchev–Trinajstić information content (AvgIpc) is 2.87. The first kappa shape index (κ1) is 17.9. The van der Waals surface area contributed by atoms with Crippen molar-refractivity contribution < 1.29 is 14.7 Å². The van der Waals surface area contributed by atoms with E-state index in [-0.39, 0.29) is 17.3 Å². The van der Waals surface area contributed by atoms with E-state index in [1.165, 1.54) is 4.90 Å². The lowest BCUT2D eigenvalue weighted by atomic mass is 9.97. The van der Waals surface area contributed by atoms with Crippen molar-refractivity contribution in [3.63, 3.8) is 0 Å². The Labute approximate surface area is 153 Å². The van der Waals surface area contributed by atoms with Gasteiger partial charge in [-0.25, -0.2) is 0 Å². The zero-order valence-corrected chi connectivity index (χ0v) is 15.1. The third-order valence-corrected chi connectivity index (χ3v) is 4.39. The maximum Gasteiger partial charge on any atom is 0.295 e. The molecule has 5 heteroatoms. The smallest absolute Gasteiger partial charge is 0.295 e. The van der Waals surface area contributed by atoms with Gasteiger partial charge in [0.15, 0.2) is 0 Å². The maximum absolute atomic E-state index is 12.7. The summed E-state index contributed by atoms with van der Waals surface area (Å²) in [6, 6.07) is 11.9. The minimum atomic E-state index is -0.681. The van der Waals surface area contributed by atoms with Gasteiger partial charge in [-0.15, -0.1) is 0 Å². The molecule has 1 aromatic heterocycles. The number of Topliss-reactive ketones (excluding diaryl/α,β-unsaturated/α-hetero) is 1. The fourth-order valence-electron chi connectivity index (χ4n) is 3.17. The summed E-state index contributed by atoms with van der Waals surface area (Å²) in [6.07, 6.45) is 1.62. The number of hydrogen-bond donors (Lipinski definition) is 1. The lowest BCUT2D eigenvalue weighted by molar-refractivity contribution is -0.140. The zero-order chi connectivity index (χ0) is 18.8. The molecular weight excluding hydrogens is 328 g/mol. The lowest BCUT2D eigenvalue weighted by Gasteiger charge is -2.26. The molecule has 0 bridgehead atoms. The predicted octanol–water partition coefficient (Wildman–Crippen LogP) is 3.47. The summed E-state index contributed by atoms with van der Waals surface area (Å²) in [5, 5.41) is 10.8. The second kappa shape index (κ2) is 7.12. The molecule has 5 nitrogen and oxygen atoms in total. The van der Waals surface area contributed by atoms with Crippen LogP contribution < -0.4 is 0 Å². The number of aryl methyl sites for hydroxylation is 1. The molecule has 0 spiro atoms. The number of carbonyl (C=O) groups excluding carboxylic acids is 2. The Kier molecular flexibility index (Phi) is 4.89. The van der Waals surface area contributed by atoms with Crippen LogP contribution in [0, 0.1) is 12.8 Å². The number of rotatable bonds is 4. The molecule has 1 N–H and O–H groups in total. The van der Waals surface area contributed by atoms with E-state index in [4.69, 9.17) is 0 Å². The summed E-state index contributed by atoms with van der Waals surface area (Å²) in [6.45, 7) is 6.32. The summed E-state index contributed by atoms with van der Waals surface area (Å²) < 4.78 is 0. The molecule has 0 aliphatic carbocycles. The molecule has 1 aliphatic rings. The molecule has 0 saturated carbocycles. The van der Waals surface area contributed by atoms with Crippen molar-refractivity contribution in [1.82, 2.24) is 9.88 Å². The third-order valence-electron chi connectivity index (χ3n) is 4.39. The molecule has 3 rings (SSSR count). The quantitative estimate of drug-likeness (QED) is 0.521. The second-order valence-electron chi connectivity index (χ2n) is 6.97. The van der Waals surface area contributed by atoms with Gasteiger partial charge in [0, 0.05) is 18.3 Å². The van der Waals surface area contributed by atoms with Crippen LogP contribution in [-0.4, -0.2) is 33.2 Å². The molecule has 1 aliphatic heterocycles. The van der Waals surface area contributed by atoms with Crippen LogP contribution in [0.1, 0.15) is 36.7 Å². The van der Waals surface area contributed by atoms with Crippen molar-refractivity contribution in [2.75, 3.05) is 6.54 Å². The molecule has 0 radical (unpaired) electrons. The fraction of sp³-hybridized carbons (Fsp3) is 0.286. The van der Waals surface area contributed by atoms with Crippen molar-refractivity contribution in [1.29, 1.82) is 0 Å². The van der Waals surface area contributed by atoms with Gasteiger partial charge in [0.25, 0.3) is 11.7 Å². The first-order valence-electron chi connectivity index (χ1n) is 8.66. The largest absolute Gasteiger partial charge is 0.507 e. The summed E-state index contributed by atoms with van der Waals surface area (Å²) in [4.78, 5) is 31.2. The first-order chi connectivity index (χ1) is 12.4. The molecule has 0 unspecified atom stereocenters. The van der Waals surface area contributed by atoms with Crippen LogP contribution in [0.25, 0.3) is 5.76 Å². The van der Waals surface area contributed by atoms with Crippen molar-refractivity contribution in [2.24, 2.45) is 5.92 Å². The molecule has 134 valence electrons. The minimum absolute atomic E-state index is 0.0956. The Hall–Kier alpha value is -2.95. The highest BCUT2D eigenvalue weighted by Gasteiger charge is 2.46. The number of pyridine rings is 1. The first-order valence-corrected chi connectivity index (χ1v) is 8.66. The van der Waals surface area contributed by atoms with E-state index >= 15 is 0 Å². The van der Waals surface area contributed by atoms with Crippen molar-refractivity contribution >= 4 is 17.4 Å². The van der Waals surface area contributed by atoms with E-state index in [1.807, 2.05) is 39.0 Å². The Balaban J connectivity index is 2.17. The standard InChI is InChI=1S/C21H22N2O3/c1-13(2)12-23-18(16-6-4-5-11-22-16)17(20(25)21(23)26)19(24)15-9-7-14(3)8-10-15/h4-11,13,18,24H,12H2,1-3H3/t18-/m0/s1. The van der Waals surface area contributed by atoms with Crippen LogP contribution in [0.5, 0.6) is 0 Å². The zero-order valence-electron chi connectivity index (χ0n) is 15.1. The van der Waals surface area contributed by atoms with Crippen LogP contribution in [0.2, 0.25) is 0 Å². The monoisotopic (exact) mass is 350 g/mol. The van der Waals surface area contributed by atoms with Crippen molar-refractivity contribution in [2.45, 2.75) is 26.8 Å². The van der Waals surface area contributed by atoms with Gasteiger partial charge in [0.2, 0.25) is 0 Å². The van der Waals surface area contributed by atoms with Crippen LogP contribution in [0.15, 0.2) is 54.2 Å². The van der Waals surface area contributed by atoms with Gasteiger partial charge in [-0.2, -0.15) is 0 Å². The number of nitrogens with zero attached hydrogens (tertiary/aromatic N) is 2. The minimum Gasteiger partial charge on any atom is -0.507 e. The van der Waals surface area contributed by atoms with E-state index in [9.17, 15) is 14.7 Å². The van der Waals surface area contributed by atoms with E-state index < -0.39 is 17.7 Å². The number of likely N-dealkylation sites (tertiary alicyclic amines) is 1. The van der Waals surface area contributed by atoms with Crippen molar-refractivity contribution in [3.05, 3.63) is 71.1 Å². The summed E-state index contributed by atoms with van der Waals surface area (Å²) in [5.41, 5.74) is 2.22. The van der Waals surface area contributed by atoms with Gasteiger partial charge in [0.1, 0.15) is 11.8 Å². The highest BCUT2D eigenvalue weighted by Crippen LogP contribution is 2.38. The number of aromatic nitrogens is 1. The highest BCUT2D eigenvalue weighted by molar-refractivity contribution is 6.46. The lowest BCUT2D eigenvalue weighted by Crippen LogP contribution is -2.33. The van der Waals surface area contributed by atoms with Gasteiger partial charge >= 0.3 is 0 Å². The number of carbonyl (C=O) groups is 2. The van der Waals surface area contributed by atoms with Crippen LogP contribution in [-0.2, 0) is 9.59 Å². The molecular formula is C21H22N2O3. The summed E-state index contributed by atoms with van der Waals surface area (Å²) in [5.74, 6) is -1.24. The van der Waals surface area contributed by atoms with Gasteiger partial charge in [-0.3, -0.25) is 14.6 Å². The number of aliphatic hydroxyl groups is 1. The Bertz CT molecular complexity index is 855. The topological polar surface area (TPSA) is 70.5 Å². The Morgan fingerprint density at radius 1 is 1.15 bits per heavy atom. The number of aliphatic hydroxyl groups excluding tert-OH is 1. The maximum atomic E-state index is 12.7. The molecule has 1 fully saturated rings. The van der Waals surface area contributed by atoms with Crippen LogP contribution in [0.3, 0.4) is 0 Å². The SMILES string of the molecule is Cc1ccc(C(O)=C2C(=O)C(=O)N(CC(C)C)[C@H]2c2ccccn2)cc1. The van der Waals surface area contributed by atoms with E-state index in [2.05, 4.69) is 4.98 Å². The van der Waals surface area contributed by atoms with Gasteiger partial charge in [-0.1, -0.05) is 49.7 Å². The van der Waals surface area contributed by atoms with E-state index in [0.717, 1.165) is 5.56 Å². The fourth-order valence-corrected chi connectivity index (χ4v) is 3.17. The summed E-state index contributed by atoms with van der Waals surface area (Å²) in [7, 11) is 0.